The second-order valence-corrected chi connectivity index (χ2v) is 7.36. The van der Waals surface area contributed by atoms with Crippen LogP contribution in [0.3, 0.4) is 0 Å². The van der Waals surface area contributed by atoms with Crippen LogP contribution in [0.4, 0.5) is 0 Å². The van der Waals surface area contributed by atoms with Crippen LogP contribution in [0.2, 0.25) is 0 Å². The molecule has 0 rings (SSSR count). The zero-order valence-electron chi connectivity index (χ0n) is 14.4. The van der Waals surface area contributed by atoms with Crippen molar-refractivity contribution in [1.29, 1.82) is 0 Å². The number of unbranched alkanes of at least 4 members (excludes halogenated alkanes) is 11. The molecule has 0 aromatic rings. The van der Waals surface area contributed by atoms with E-state index in [1.54, 1.807) is 0 Å². The van der Waals surface area contributed by atoms with E-state index in [0.717, 1.165) is 5.75 Å². The summed E-state index contributed by atoms with van der Waals surface area (Å²) in [5.74, 6) is 1.47. The Morgan fingerprint density at radius 2 is 1.29 bits per heavy atom. The highest BCUT2D eigenvalue weighted by Crippen LogP contribution is 2.14. The molecule has 0 nitrogen and oxygen atoms in total. The summed E-state index contributed by atoms with van der Waals surface area (Å²) in [6.07, 6.45) is 21.4. The van der Waals surface area contributed by atoms with Gasteiger partial charge in [0.2, 0.25) is 0 Å². The van der Waals surface area contributed by atoms with Crippen LogP contribution in [0.15, 0.2) is 12.2 Å². The average Bonchev–Trinajstić information content (AvgIpc) is 2.50. The van der Waals surface area contributed by atoms with E-state index in [4.69, 9.17) is 0 Å². The maximum atomic E-state index is 4.58. The first-order valence-corrected chi connectivity index (χ1v) is 10.3. The van der Waals surface area contributed by atoms with E-state index in [1.165, 1.54) is 77.0 Å². The summed E-state index contributed by atoms with van der Waals surface area (Å²) in [5.41, 5.74) is 0. The fourth-order valence-electron chi connectivity index (χ4n) is 2.46. The molecule has 126 valence electrons. The molecule has 0 bridgehead atoms. The highest BCUT2D eigenvalue weighted by molar-refractivity contribution is 7.81. The maximum Gasteiger partial charge on any atom is 0.0230 e. The van der Waals surface area contributed by atoms with E-state index in [9.17, 15) is 0 Å². The fraction of sp³-hybridized carbons (Fsp3) is 0.895. The Morgan fingerprint density at radius 3 is 1.76 bits per heavy atom. The SMILES string of the molecule is CCCCCCCCCCCCC/C=C/C(S)C(C)CS. The first-order chi connectivity index (χ1) is 10.2. The van der Waals surface area contributed by atoms with E-state index >= 15 is 0 Å². The van der Waals surface area contributed by atoms with Crippen molar-refractivity contribution in [3.05, 3.63) is 12.2 Å². The van der Waals surface area contributed by atoms with E-state index < -0.39 is 0 Å². The lowest BCUT2D eigenvalue weighted by Gasteiger charge is -2.12. The molecule has 0 aliphatic carbocycles. The van der Waals surface area contributed by atoms with Gasteiger partial charge in [-0.3, -0.25) is 0 Å². The second kappa shape index (κ2) is 16.8. The van der Waals surface area contributed by atoms with Crippen molar-refractivity contribution in [2.24, 2.45) is 5.92 Å². The lowest BCUT2D eigenvalue weighted by molar-refractivity contribution is 0.550. The third kappa shape index (κ3) is 15.1. The highest BCUT2D eigenvalue weighted by Gasteiger charge is 2.06. The summed E-state index contributed by atoms with van der Waals surface area (Å²) >= 11 is 8.90. The van der Waals surface area contributed by atoms with Crippen molar-refractivity contribution in [3.63, 3.8) is 0 Å². The molecule has 0 saturated heterocycles. The summed E-state index contributed by atoms with van der Waals surface area (Å²) < 4.78 is 0. The molecule has 0 aromatic carbocycles. The van der Waals surface area contributed by atoms with Crippen LogP contribution in [0.25, 0.3) is 0 Å². The molecule has 0 amide bonds. The van der Waals surface area contributed by atoms with Crippen molar-refractivity contribution in [2.45, 2.75) is 96.1 Å². The molecule has 0 fully saturated rings. The van der Waals surface area contributed by atoms with Gasteiger partial charge in [-0.1, -0.05) is 90.2 Å². The number of hydrogen-bond donors (Lipinski definition) is 2. The van der Waals surface area contributed by atoms with Gasteiger partial charge in [0.25, 0.3) is 0 Å². The molecule has 2 atom stereocenters. The van der Waals surface area contributed by atoms with E-state index in [2.05, 4.69) is 51.3 Å². The Balaban J connectivity index is 3.20. The lowest BCUT2D eigenvalue weighted by atomic mass is 10.0. The highest BCUT2D eigenvalue weighted by atomic mass is 32.1. The van der Waals surface area contributed by atoms with Crippen molar-refractivity contribution >= 4 is 25.3 Å². The fourth-order valence-corrected chi connectivity index (χ4v) is 3.08. The topological polar surface area (TPSA) is 0 Å². The summed E-state index contributed by atoms with van der Waals surface area (Å²) in [7, 11) is 0. The minimum atomic E-state index is 0.371. The molecule has 0 aromatic heterocycles. The lowest BCUT2D eigenvalue weighted by Crippen LogP contribution is -2.09. The monoisotopic (exact) mass is 330 g/mol. The minimum Gasteiger partial charge on any atom is -0.179 e. The van der Waals surface area contributed by atoms with Crippen LogP contribution in [0.1, 0.15) is 90.9 Å². The smallest absolute Gasteiger partial charge is 0.0230 e. The summed E-state index contributed by atoms with van der Waals surface area (Å²) in [6.45, 7) is 4.49. The molecule has 2 heteroatoms. The predicted octanol–water partition coefficient (Wildman–Crippen LogP) is 7.11. The average molecular weight is 331 g/mol. The first-order valence-electron chi connectivity index (χ1n) is 9.18. The Kier molecular flexibility index (Phi) is 17.2. The van der Waals surface area contributed by atoms with Crippen LogP contribution >= 0.6 is 25.3 Å². The quantitative estimate of drug-likeness (QED) is 0.178. The standard InChI is InChI=1S/C19H38S2/c1-3-4-5-6-7-8-9-10-11-12-13-14-15-16-19(21)18(2)17-20/h15-16,18-21H,3-14,17H2,1-2H3/b16-15+. The summed E-state index contributed by atoms with van der Waals surface area (Å²) in [6, 6.07) is 0. The first kappa shape index (κ1) is 21.4. The van der Waals surface area contributed by atoms with Crippen molar-refractivity contribution in [3.8, 4) is 0 Å². The minimum absolute atomic E-state index is 0.371. The van der Waals surface area contributed by atoms with Gasteiger partial charge in [-0.25, -0.2) is 0 Å². The van der Waals surface area contributed by atoms with Gasteiger partial charge in [-0.15, -0.1) is 0 Å². The third-order valence-electron chi connectivity index (χ3n) is 4.18. The molecule has 21 heavy (non-hydrogen) atoms. The van der Waals surface area contributed by atoms with Crippen molar-refractivity contribution < 1.29 is 0 Å². The molecule has 0 spiro atoms. The zero-order chi connectivity index (χ0) is 15.8. The number of thiol groups is 2. The molecule has 0 aliphatic rings. The van der Waals surface area contributed by atoms with Gasteiger partial charge in [-0.05, 0) is 24.5 Å². The Labute approximate surface area is 145 Å². The van der Waals surface area contributed by atoms with Crippen LogP contribution in [-0.4, -0.2) is 11.0 Å². The van der Waals surface area contributed by atoms with Crippen LogP contribution in [0.5, 0.6) is 0 Å². The van der Waals surface area contributed by atoms with Crippen LogP contribution in [0, 0.1) is 5.92 Å². The van der Waals surface area contributed by atoms with E-state index in [1.807, 2.05) is 0 Å². The number of rotatable bonds is 15. The van der Waals surface area contributed by atoms with Crippen LogP contribution in [-0.2, 0) is 0 Å². The summed E-state index contributed by atoms with van der Waals surface area (Å²) in [4.78, 5) is 0. The molecule has 0 N–H and O–H groups in total. The maximum absolute atomic E-state index is 4.58. The molecule has 0 aliphatic heterocycles. The van der Waals surface area contributed by atoms with Gasteiger partial charge in [0.1, 0.15) is 0 Å². The van der Waals surface area contributed by atoms with Gasteiger partial charge in [-0.2, -0.15) is 25.3 Å². The Morgan fingerprint density at radius 1 is 0.810 bits per heavy atom. The van der Waals surface area contributed by atoms with Crippen molar-refractivity contribution in [1.82, 2.24) is 0 Å². The van der Waals surface area contributed by atoms with Gasteiger partial charge < -0.3 is 0 Å². The normalized spacial score (nSPS) is 14.7. The largest absolute Gasteiger partial charge is 0.179 e. The molecule has 0 saturated carbocycles. The molecular weight excluding hydrogens is 292 g/mol. The molecular formula is C19H38S2. The van der Waals surface area contributed by atoms with E-state index in [-0.39, 0.29) is 0 Å². The summed E-state index contributed by atoms with van der Waals surface area (Å²) in [5, 5.41) is 0.371. The number of hydrogen-bond acceptors (Lipinski definition) is 2. The Bertz CT molecular complexity index is 226. The van der Waals surface area contributed by atoms with Gasteiger partial charge >= 0.3 is 0 Å². The Hall–Kier alpha value is 0.440. The zero-order valence-corrected chi connectivity index (χ0v) is 16.2. The molecule has 0 radical (unpaired) electrons. The molecule has 2 unspecified atom stereocenters. The van der Waals surface area contributed by atoms with Gasteiger partial charge in [0.15, 0.2) is 0 Å². The predicted molar refractivity (Wildman–Crippen MR) is 106 cm³/mol. The number of allylic oxidation sites excluding steroid dienone is 1. The van der Waals surface area contributed by atoms with Crippen LogP contribution < -0.4 is 0 Å². The molecule has 0 heterocycles. The van der Waals surface area contributed by atoms with Crippen molar-refractivity contribution in [2.75, 3.05) is 5.75 Å². The third-order valence-corrected chi connectivity index (χ3v) is 5.44. The van der Waals surface area contributed by atoms with E-state index in [0.29, 0.717) is 11.2 Å². The second-order valence-electron chi connectivity index (χ2n) is 6.40. The van der Waals surface area contributed by atoms with Gasteiger partial charge in [0.05, 0.1) is 0 Å². The van der Waals surface area contributed by atoms with Gasteiger partial charge in [0, 0.05) is 5.25 Å².